The first-order valence-corrected chi connectivity index (χ1v) is 12.9. The number of urea groups is 1. The molecule has 11 heteroatoms. The van der Waals surface area contributed by atoms with Crippen LogP contribution in [0.25, 0.3) is 0 Å². The zero-order chi connectivity index (χ0) is 29.2. The van der Waals surface area contributed by atoms with Crippen molar-refractivity contribution in [1.29, 1.82) is 0 Å². The number of aryl methyl sites for hydroxylation is 1. The Kier molecular flexibility index (Phi) is 9.45. The Bertz CT molecular complexity index is 1500. The van der Waals surface area contributed by atoms with Gasteiger partial charge in [-0.25, -0.2) is 14.6 Å². The normalized spacial score (nSPS) is 10.5. The van der Waals surface area contributed by atoms with Crippen LogP contribution in [0.1, 0.15) is 27.2 Å². The van der Waals surface area contributed by atoms with Gasteiger partial charge in [-0.1, -0.05) is 30.3 Å². The minimum absolute atomic E-state index is 0.0461. The maximum Gasteiger partial charge on any atom is 0.335 e. The van der Waals surface area contributed by atoms with E-state index in [0.717, 1.165) is 11.3 Å². The largest absolute Gasteiger partial charge is 0.478 e. The average Bonchev–Trinajstić information content (AvgIpc) is 3.48. The number of nitrogens with zero attached hydrogens (tertiary/aromatic N) is 2. The summed E-state index contributed by atoms with van der Waals surface area (Å²) >= 11 is 0. The van der Waals surface area contributed by atoms with Gasteiger partial charge in [0.1, 0.15) is 0 Å². The highest BCUT2D eigenvalue weighted by molar-refractivity contribution is 6.00. The van der Waals surface area contributed by atoms with Gasteiger partial charge in [0, 0.05) is 41.9 Å². The molecule has 41 heavy (non-hydrogen) atoms. The SMILES string of the molecule is Cc1ccccc1NC(=O)Nc1ccc(CC(=O)NCC(=O)N(CCc2cnc[nH]2)c2ccc(C(=O)O)cc2)cc1. The van der Waals surface area contributed by atoms with Crippen LogP contribution < -0.4 is 20.9 Å². The molecule has 0 saturated carbocycles. The number of aromatic nitrogens is 2. The molecule has 0 spiro atoms. The number of hydrogen-bond acceptors (Lipinski definition) is 5. The van der Waals surface area contributed by atoms with Gasteiger partial charge in [-0.3, -0.25) is 9.59 Å². The van der Waals surface area contributed by atoms with Crippen LogP contribution >= 0.6 is 0 Å². The van der Waals surface area contributed by atoms with E-state index in [9.17, 15) is 24.3 Å². The van der Waals surface area contributed by atoms with E-state index in [1.807, 2.05) is 31.2 Å². The van der Waals surface area contributed by atoms with Crippen molar-refractivity contribution >= 4 is 40.9 Å². The monoisotopic (exact) mass is 554 g/mol. The van der Waals surface area contributed by atoms with Crippen LogP contribution in [0.5, 0.6) is 0 Å². The summed E-state index contributed by atoms with van der Waals surface area (Å²) in [6, 6.07) is 19.9. The molecule has 11 nitrogen and oxygen atoms in total. The molecule has 4 rings (SSSR count). The van der Waals surface area contributed by atoms with Gasteiger partial charge in [0.2, 0.25) is 11.8 Å². The van der Waals surface area contributed by atoms with Crippen LogP contribution in [0.4, 0.5) is 21.9 Å². The van der Waals surface area contributed by atoms with E-state index in [0.29, 0.717) is 35.6 Å². The van der Waals surface area contributed by atoms with E-state index in [1.165, 1.54) is 17.0 Å². The smallest absolute Gasteiger partial charge is 0.335 e. The second kappa shape index (κ2) is 13.6. The standard InChI is InChI=1S/C30H30N6O5/c1-20-4-2-3-5-26(20)35-30(41)34-23-10-6-21(7-11-23)16-27(37)32-18-28(38)36(15-14-24-17-31-19-33-24)25-12-8-22(9-13-25)29(39)40/h2-13,17,19H,14-16,18H2,1H3,(H,31,33)(H,32,37)(H,39,40)(H2,34,35,41). The molecule has 0 aliphatic heterocycles. The van der Waals surface area contributed by atoms with Gasteiger partial charge in [0.25, 0.3) is 0 Å². The number of carboxylic acid groups (broad SMARTS) is 1. The summed E-state index contributed by atoms with van der Waals surface area (Å²) in [6.45, 7) is 1.97. The number of amides is 4. The molecule has 0 unspecified atom stereocenters. The van der Waals surface area contributed by atoms with E-state index < -0.39 is 5.97 Å². The maximum absolute atomic E-state index is 13.1. The van der Waals surface area contributed by atoms with Crippen LogP contribution in [-0.2, 0) is 22.4 Å². The van der Waals surface area contributed by atoms with Crippen molar-refractivity contribution in [2.45, 2.75) is 19.8 Å². The first-order chi connectivity index (χ1) is 19.8. The van der Waals surface area contributed by atoms with Crippen LogP contribution in [0.2, 0.25) is 0 Å². The highest BCUT2D eigenvalue weighted by Crippen LogP contribution is 2.17. The van der Waals surface area contributed by atoms with Gasteiger partial charge >= 0.3 is 12.0 Å². The Morgan fingerprint density at radius 3 is 2.32 bits per heavy atom. The molecular formula is C30H30N6O5. The second-order valence-electron chi connectivity index (χ2n) is 9.27. The van der Waals surface area contributed by atoms with Gasteiger partial charge in [0.05, 0.1) is 24.9 Å². The molecular weight excluding hydrogens is 524 g/mol. The molecule has 210 valence electrons. The molecule has 1 aromatic heterocycles. The summed E-state index contributed by atoms with van der Waals surface area (Å²) in [7, 11) is 0. The van der Waals surface area contributed by atoms with E-state index in [4.69, 9.17) is 0 Å². The third-order valence-corrected chi connectivity index (χ3v) is 6.29. The lowest BCUT2D eigenvalue weighted by Gasteiger charge is -2.23. The van der Waals surface area contributed by atoms with Crippen molar-refractivity contribution in [3.05, 3.63) is 108 Å². The van der Waals surface area contributed by atoms with Gasteiger partial charge in [0.15, 0.2) is 0 Å². The number of nitrogens with one attached hydrogen (secondary N) is 4. The van der Waals surface area contributed by atoms with Gasteiger partial charge in [-0.05, 0) is 60.5 Å². The van der Waals surface area contributed by atoms with Crippen LogP contribution in [0.15, 0.2) is 85.3 Å². The summed E-state index contributed by atoms with van der Waals surface area (Å²) in [6.07, 6.45) is 3.75. The number of carboxylic acids is 1. The number of hydrogen-bond donors (Lipinski definition) is 5. The van der Waals surface area contributed by atoms with Gasteiger partial charge < -0.3 is 30.9 Å². The lowest BCUT2D eigenvalue weighted by atomic mass is 10.1. The first kappa shape index (κ1) is 28.6. The second-order valence-corrected chi connectivity index (χ2v) is 9.27. The molecule has 0 aliphatic carbocycles. The lowest BCUT2D eigenvalue weighted by molar-refractivity contribution is -0.124. The van der Waals surface area contributed by atoms with E-state index in [1.54, 1.807) is 48.9 Å². The summed E-state index contributed by atoms with van der Waals surface area (Å²) in [5.74, 6) is -1.75. The number of para-hydroxylation sites is 1. The van der Waals surface area contributed by atoms with Crippen LogP contribution in [-0.4, -0.2) is 52.0 Å². The van der Waals surface area contributed by atoms with Crippen molar-refractivity contribution in [1.82, 2.24) is 15.3 Å². The van der Waals surface area contributed by atoms with E-state index in [2.05, 4.69) is 25.9 Å². The molecule has 0 bridgehead atoms. The number of aromatic carboxylic acids is 1. The van der Waals surface area contributed by atoms with Gasteiger partial charge in [-0.15, -0.1) is 0 Å². The van der Waals surface area contributed by atoms with Crippen molar-refractivity contribution in [2.24, 2.45) is 0 Å². The topological polar surface area (TPSA) is 157 Å². The zero-order valence-electron chi connectivity index (χ0n) is 22.4. The third-order valence-electron chi connectivity index (χ3n) is 6.29. The number of benzene rings is 3. The number of imidazole rings is 1. The summed E-state index contributed by atoms with van der Waals surface area (Å²) in [5, 5.41) is 17.4. The first-order valence-electron chi connectivity index (χ1n) is 12.9. The van der Waals surface area contributed by atoms with E-state index in [-0.39, 0.29) is 36.4 Å². The fourth-order valence-electron chi connectivity index (χ4n) is 4.06. The Morgan fingerprint density at radius 1 is 0.927 bits per heavy atom. The van der Waals surface area contributed by atoms with Gasteiger partial charge in [-0.2, -0.15) is 0 Å². The van der Waals surface area contributed by atoms with E-state index >= 15 is 0 Å². The van der Waals surface area contributed by atoms with Crippen molar-refractivity contribution in [3.8, 4) is 0 Å². The number of carbonyl (C=O) groups is 4. The lowest BCUT2D eigenvalue weighted by Crippen LogP contribution is -2.41. The molecule has 0 saturated heterocycles. The Balaban J connectivity index is 1.30. The molecule has 4 aromatic rings. The summed E-state index contributed by atoms with van der Waals surface area (Å²) < 4.78 is 0. The van der Waals surface area contributed by atoms with Crippen LogP contribution in [0, 0.1) is 6.92 Å². The molecule has 0 fully saturated rings. The molecule has 3 aromatic carbocycles. The molecule has 4 amide bonds. The molecule has 1 heterocycles. The zero-order valence-corrected chi connectivity index (χ0v) is 22.4. The van der Waals surface area contributed by atoms with Crippen molar-refractivity contribution in [3.63, 3.8) is 0 Å². The quantitative estimate of drug-likeness (QED) is 0.189. The Hall–Kier alpha value is -5.45. The highest BCUT2D eigenvalue weighted by atomic mass is 16.4. The van der Waals surface area contributed by atoms with Crippen molar-refractivity contribution in [2.75, 3.05) is 28.6 Å². The fourth-order valence-corrected chi connectivity index (χ4v) is 4.06. The molecule has 5 N–H and O–H groups in total. The Labute approximate surface area is 236 Å². The number of H-pyrrole nitrogens is 1. The summed E-state index contributed by atoms with van der Waals surface area (Å²) in [5.41, 5.74) is 4.39. The van der Waals surface area contributed by atoms with Crippen molar-refractivity contribution < 1.29 is 24.3 Å². The number of rotatable bonds is 11. The predicted octanol–water partition coefficient (Wildman–Crippen LogP) is 3.99. The summed E-state index contributed by atoms with van der Waals surface area (Å²) in [4.78, 5) is 57.7. The van der Waals surface area contributed by atoms with Crippen LogP contribution in [0.3, 0.4) is 0 Å². The predicted molar refractivity (Wildman–Crippen MR) is 155 cm³/mol. The maximum atomic E-state index is 13.1. The average molecular weight is 555 g/mol. The minimum atomic E-state index is -1.06. The number of aromatic amines is 1. The minimum Gasteiger partial charge on any atom is -0.478 e. The Morgan fingerprint density at radius 2 is 1.66 bits per heavy atom. The molecule has 0 atom stereocenters. The number of carbonyl (C=O) groups excluding carboxylic acids is 3. The fraction of sp³-hybridized carbons (Fsp3) is 0.167. The highest BCUT2D eigenvalue weighted by Gasteiger charge is 2.18. The third kappa shape index (κ3) is 8.27. The molecule has 0 radical (unpaired) electrons. The number of anilines is 3. The molecule has 0 aliphatic rings.